The van der Waals surface area contributed by atoms with E-state index in [-0.39, 0.29) is 21.4 Å². The first-order valence-electron chi connectivity index (χ1n) is 8.40. The maximum absolute atomic E-state index is 12.4. The van der Waals surface area contributed by atoms with Crippen LogP contribution in [0.15, 0.2) is 70.2 Å². The van der Waals surface area contributed by atoms with Crippen LogP contribution in [0.2, 0.25) is 15.1 Å². The number of nitrogens with zero attached hydrogens (tertiary/aromatic N) is 1. The molecule has 0 aliphatic heterocycles. The third-order valence-electron chi connectivity index (χ3n) is 3.82. The highest BCUT2D eigenvalue weighted by Crippen LogP contribution is 2.25. The summed E-state index contributed by atoms with van der Waals surface area (Å²) in [7, 11) is 0. The molecule has 1 N–H and O–H groups in total. The molecule has 0 heterocycles. The molecule has 9 heteroatoms. The number of halogens is 4. The molecule has 3 rings (SSSR count). The van der Waals surface area contributed by atoms with Gasteiger partial charge in [-0.1, -0.05) is 62.9 Å². The summed E-state index contributed by atoms with van der Waals surface area (Å²) >= 11 is 21.2. The molecule has 5 nitrogen and oxygen atoms in total. The van der Waals surface area contributed by atoms with Crippen molar-refractivity contribution in [2.45, 2.75) is 0 Å². The summed E-state index contributed by atoms with van der Waals surface area (Å²) in [5.41, 5.74) is 3.37. The van der Waals surface area contributed by atoms with Crippen LogP contribution in [0.25, 0.3) is 0 Å². The molecule has 152 valence electrons. The highest BCUT2D eigenvalue weighted by atomic mass is 79.9. The molecule has 30 heavy (non-hydrogen) atoms. The number of rotatable bonds is 5. The first kappa shape index (κ1) is 22.3. The third kappa shape index (κ3) is 5.61. The van der Waals surface area contributed by atoms with Gasteiger partial charge in [0.05, 0.1) is 26.8 Å². The van der Waals surface area contributed by atoms with E-state index in [4.69, 9.17) is 39.5 Å². The highest BCUT2D eigenvalue weighted by molar-refractivity contribution is 9.10. The second-order valence-electron chi connectivity index (χ2n) is 5.88. The van der Waals surface area contributed by atoms with Crippen molar-refractivity contribution >= 4 is 68.8 Å². The number of benzene rings is 3. The van der Waals surface area contributed by atoms with Gasteiger partial charge in [0, 0.05) is 15.6 Å². The van der Waals surface area contributed by atoms with Crippen LogP contribution in [-0.2, 0) is 0 Å². The molecule has 1 amide bonds. The van der Waals surface area contributed by atoms with E-state index >= 15 is 0 Å². The van der Waals surface area contributed by atoms with Crippen molar-refractivity contribution in [2.75, 3.05) is 0 Å². The van der Waals surface area contributed by atoms with Crippen molar-refractivity contribution in [3.63, 3.8) is 0 Å². The minimum Gasteiger partial charge on any atom is -0.422 e. The van der Waals surface area contributed by atoms with Crippen molar-refractivity contribution in [3.8, 4) is 5.75 Å². The first-order chi connectivity index (χ1) is 14.3. The number of ether oxygens (including phenoxy) is 1. The maximum Gasteiger partial charge on any atom is 0.345 e. The summed E-state index contributed by atoms with van der Waals surface area (Å²) in [6.07, 6.45) is 1.36. The molecule has 0 fully saturated rings. The maximum atomic E-state index is 12.4. The van der Waals surface area contributed by atoms with Gasteiger partial charge in [-0.05, 0) is 48.5 Å². The van der Waals surface area contributed by atoms with Gasteiger partial charge in [-0.25, -0.2) is 10.2 Å². The number of amides is 1. The third-order valence-corrected chi connectivity index (χ3v) is 5.38. The molecule has 0 radical (unpaired) electrons. The predicted octanol–water partition coefficient (Wildman–Crippen LogP) is 6.39. The van der Waals surface area contributed by atoms with Crippen LogP contribution in [-0.4, -0.2) is 18.1 Å². The fourth-order valence-electron chi connectivity index (χ4n) is 2.36. The molecule has 0 saturated carbocycles. The van der Waals surface area contributed by atoms with Crippen LogP contribution in [0.4, 0.5) is 0 Å². The van der Waals surface area contributed by atoms with Gasteiger partial charge >= 0.3 is 5.97 Å². The molecule has 0 bridgehead atoms. The summed E-state index contributed by atoms with van der Waals surface area (Å²) in [6.45, 7) is 0. The Labute approximate surface area is 195 Å². The summed E-state index contributed by atoms with van der Waals surface area (Å²) < 4.78 is 6.19. The highest BCUT2D eigenvalue weighted by Gasteiger charge is 2.14. The van der Waals surface area contributed by atoms with Gasteiger partial charge in [-0.15, -0.1) is 0 Å². The van der Waals surface area contributed by atoms with Gasteiger partial charge in [0.15, 0.2) is 0 Å². The average molecular weight is 527 g/mol. The Morgan fingerprint density at radius 1 is 0.933 bits per heavy atom. The quantitative estimate of drug-likeness (QED) is 0.181. The minimum absolute atomic E-state index is 0.234. The molecular formula is C21H12BrCl3N2O3. The van der Waals surface area contributed by atoms with Gasteiger partial charge in [-0.2, -0.15) is 5.10 Å². The fraction of sp³-hybridized carbons (Fsp3) is 0. The monoisotopic (exact) mass is 524 g/mol. The zero-order valence-electron chi connectivity index (χ0n) is 15.0. The molecule has 0 aliphatic rings. The Morgan fingerprint density at radius 2 is 1.70 bits per heavy atom. The Bertz CT molecular complexity index is 1150. The van der Waals surface area contributed by atoms with Crippen LogP contribution in [0, 0.1) is 0 Å². The van der Waals surface area contributed by atoms with Crippen molar-refractivity contribution < 1.29 is 14.3 Å². The van der Waals surface area contributed by atoms with E-state index < -0.39 is 11.9 Å². The van der Waals surface area contributed by atoms with E-state index in [0.717, 1.165) is 4.47 Å². The molecule has 3 aromatic carbocycles. The first-order valence-corrected chi connectivity index (χ1v) is 10.3. The molecule has 0 aromatic heterocycles. The zero-order valence-corrected chi connectivity index (χ0v) is 18.9. The lowest BCUT2D eigenvalue weighted by molar-refractivity contribution is 0.0734. The van der Waals surface area contributed by atoms with E-state index in [2.05, 4.69) is 26.5 Å². The number of carbonyl (C=O) groups is 2. The second kappa shape index (κ2) is 10.1. The van der Waals surface area contributed by atoms with Crippen LogP contribution in [0.3, 0.4) is 0 Å². The molecule has 0 saturated heterocycles. The smallest absolute Gasteiger partial charge is 0.345 e. The normalized spacial score (nSPS) is 10.8. The second-order valence-corrected chi connectivity index (χ2v) is 8.02. The molecule has 0 atom stereocenters. The van der Waals surface area contributed by atoms with Crippen molar-refractivity contribution in [1.82, 2.24) is 5.43 Å². The Balaban J connectivity index is 1.76. The van der Waals surface area contributed by atoms with Crippen molar-refractivity contribution in [1.29, 1.82) is 0 Å². The lowest BCUT2D eigenvalue weighted by Crippen LogP contribution is -2.17. The van der Waals surface area contributed by atoms with Gasteiger partial charge in [0.2, 0.25) is 0 Å². The van der Waals surface area contributed by atoms with E-state index in [1.54, 1.807) is 42.5 Å². The summed E-state index contributed by atoms with van der Waals surface area (Å²) in [5.74, 6) is -0.845. The zero-order chi connectivity index (χ0) is 21.7. The number of hydrogen-bond donors (Lipinski definition) is 1. The predicted molar refractivity (Wildman–Crippen MR) is 122 cm³/mol. The topological polar surface area (TPSA) is 67.8 Å². The Morgan fingerprint density at radius 3 is 2.43 bits per heavy atom. The Hall–Kier alpha value is -2.38. The number of nitrogens with one attached hydrogen (secondary N) is 1. The van der Waals surface area contributed by atoms with Crippen LogP contribution >= 0.6 is 50.7 Å². The number of esters is 1. The summed E-state index contributed by atoms with van der Waals surface area (Å²) in [6, 6.07) is 16.0. The van der Waals surface area contributed by atoms with Gasteiger partial charge in [-0.3, -0.25) is 4.79 Å². The molecule has 0 aliphatic carbocycles. The van der Waals surface area contributed by atoms with Crippen molar-refractivity contribution in [2.24, 2.45) is 5.10 Å². The standard InChI is InChI=1S/C21H12BrCl3N2O3/c22-14-6-8-19(30-21(29)15-3-1-2-4-16(15)23)13(9-14)11-26-27-20(28)12-5-7-17(24)18(25)10-12/h1-11H,(H,27,28). The molecule has 0 unspecified atom stereocenters. The molecule has 0 spiro atoms. The number of carbonyl (C=O) groups excluding carboxylic acids is 2. The average Bonchev–Trinajstić information content (AvgIpc) is 2.72. The van der Waals surface area contributed by atoms with E-state index in [1.165, 1.54) is 24.4 Å². The number of hydrazone groups is 1. The van der Waals surface area contributed by atoms with Crippen LogP contribution in [0.1, 0.15) is 26.3 Å². The summed E-state index contributed by atoms with van der Waals surface area (Å²) in [5, 5.41) is 4.81. The summed E-state index contributed by atoms with van der Waals surface area (Å²) in [4.78, 5) is 24.7. The van der Waals surface area contributed by atoms with Crippen LogP contribution in [0.5, 0.6) is 5.75 Å². The number of hydrogen-bond acceptors (Lipinski definition) is 4. The minimum atomic E-state index is -0.614. The Kier molecular flexibility index (Phi) is 7.50. The van der Waals surface area contributed by atoms with E-state index in [1.807, 2.05) is 0 Å². The van der Waals surface area contributed by atoms with Crippen LogP contribution < -0.4 is 10.2 Å². The SMILES string of the molecule is O=C(NN=Cc1cc(Br)ccc1OC(=O)c1ccccc1Cl)c1ccc(Cl)c(Cl)c1. The largest absolute Gasteiger partial charge is 0.422 e. The van der Waals surface area contributed by atoms with E-state index in [9.17, 15) is 9.59 Å². The van der Waals surface area contributed by atoms with Crippen molar-refractivity contribution in [3.05, 3.63) is 96.9 Å². The molecule has 3 aromatic rings. The lowest BCUT2D eigenvalue weighted by atomic mass is 10.2. The van der Waals surface area contributed by atoms with E-state index in [0.29, 0.717) is 16.1 Å². The fourth-order valence-corrected chi connectivity index (χ4v) is 3.25. The van der Waals surface area contributed by atoms with Gasteiger partial charge in [0.25, 0.3) is 5.91 Å². The lowest BCUT2D eigenvalue weighted by Gasteiger charge is -2.09. The van der Waals surface area contributed by atoms with Gasteiger partial charge < -0.3 is 4.74 Å². The molecular weight excluding hydrogens is 515 g/mol. The van der Waals surface area contributed by atoms with Gasteiger partial charge in [0.1, 0.15) is 5.75 Å².